The van der Waals surface area contributed by atoms with Gasteiger partial charge in [0.25, 0.3) is 5.91 Å². The van der Waals surface area contributed by atoms with E-state index in [1.807, 2.05) is 0 Å². The Hall–Kier alpha value is -2.41. The summed E-state index contributed by atoms with van der Waals surface area (Å²) < 4.78 is 14.0. The van der Waals surface area contributed by atoms with Gasteiger partial charge in [-0.15, -0.1) is 5.10 Å². The zero-order valence-electron chi connectivity index (χ0n) is 9.30. The van der Waals surface area contributed by atoms with Crippen LogP contribution < -0.4 is 5.32 Å². The van der Waals surface area contributed by atoms with E-state index in [9.17, 15) is 14.0 Å². The van der Waals surface area contributed by atoms with Crippen LogP contribution in [0.3, 0.4) is 0 Å². The van der Waals surface area contributed by atoms with E-state index >= 15 is 0 Å². The fraction of sp³-hybridized carbons (Fsp3) is 0. The number of carboxylic acid groups (broad SMARTS) is 1. The Kier molecular flexibility index (Phi) is 3.48. The van der Waals surface area contributed by atoms with Crippen molar-refractivity contribution in [3.63, 3.8) is 0 Å². The fourth-order valence-electron chi connectivity index (χ4n) is 1.38. The SMILES string of the molecule is O=C(O)c1cc(NC(=O)c2ccccc2F)n(Cl)n1. The smallest absolute Gasteiger partial charge is 0.356 e. The minimum atomic E-state index is -1.29. The van der Waals surface area contributed by atoms with Crippen LogP contribution in [0.2, 0.25) is 0 Å². The zero-order valence-corrected chi connectivity index (χ0v) is 10.1. The van der Waals surface area contributed by atoms with Crippen LogP contribution in [0.4, 0.5) is 10.2 Å². The van der Waals surface area contributed by atoms with Crippen molar-refractivity contribution in [2.45, 2.75) is 0 Å². The van der Waals surface area contributed by atoms with Crippen LogP contribution in [0.25, 0.3) is 0 Å². The highest BCUT2D eigenvalue weighted by Gasteiger charge is 2.16. The summed E-state index contributed by atoms with van der Waals surface area (Å²) in [6.07, 6.45) is 0. The molecule has 1 aromatic carbocycles. The molecular weight excluding hydrogens is 277 g/mol. The Bertz CT molecular complexity index is 656. The number of amides is 1. The molecule has 0 unspecified atom stereocenters. The molecule has 1 amide bonds. The standard InChI is InChI=1S/C11H7ClFN3O3/c12-16-9(5-8(15-16)11(18)19)14-10(17)6-3-1-2-4-7(6)13/h1-5H,(H,14,17)(H,18,19). The highest BCUT2D eigenvalue weighted by atomic mass is 35.5. The number of carbonyl (C=O) groups excluding carboxylic acids is 1. The summed E-state index contributed by atoms with van der Waals surface area (Å²) in [4.78, 5) is 22.4. The number of rotatable bonds is 3. The third-order valence-corrected chi connectivity index (χ3v) is 2.50. The van der Waals surface area contributed by atoms with Gasteiger partial charge in [-0.05, 0) is 12.1 Å². The molecule has 0 saturated heterocycles. The van der Waals surface area contributed by atoms with Gasteiger partial charge in [0, 0.05) is 17.8 Å². The van der Waals surface area contributed by atoms with Gasteiger partial charge in [-0.1, -0.05) is 12.1 Å². The lowest BCUT2D eigenvalue weighted by atomic mass is 10.2. The predicted octanol–water partition coefficient (Wildman–Crippen LogP) is 1.97. The lowest BCUT2D eigenvalue weighted by Gasteiger charge is -2.04. The van der Waals surface area contributed by atoms with Gasteiger partial charge >= 0.3 is 5.97 Å². The molecule has 0 fully saturated rings. The van der Waals surface area contributed by atoms with Gasteiger partial charge in [0.1, 0.15) is 11.6 Å². The first-order valence-electron chi connectivity index (χ1n) is 5.04. The van der Waals surface area contributed by atoms with E-state index in [1.54, 1.807) is 0 Å². The van der Waals surface area contributed by atoms with Gasteiger partial charge in [-0.3, -0.25) is 4.79 Å². The Morgan fingerprint density at radius 3 is 2.63 bits per heavy atom. The number of hydrogen-bond donors (Lipinski definition) is 2. The number of carboxylic acids is 1. The predicted molar refractivity (Wildman–Crippen MR) is 64.8 cm³/mol. The third kappa shape index (κ3) is 2.71. The van der Waals surface area contributed by atoms with Crippen molar-refractivity contribution in [1.82, 2.24) is 9.30 Å². The van der Waals surface area contributed by atoms with E-state index in [2.05, 4.69) is 10.4 Å². The second kappa shape index (κ2) is 5.07. The highest BCUT2D eigenvalue weighted by molar-refractivity contribution is 6.17. The van der Waals surface area contributed by atoms with Gasteiger partial charge in [0.15, 0.2) is 5.69 Å². The van der Waals surface area contributed by atoms with Crippen LogP contribution >= 0.6 is 11.8 Å². The first-order chi connectivity index (χ1) is 8.99. The van der Waals surface area contributed by atoms with E-state index in [0.717, 1.165) is 12.1 Å². The summed E-state index contributed by atoms with van der Waals surface area (Å²) in [7, 11) is 0. The molecule has 0 saturated carbocycles. The molecule has 2 rings (SSSR count). The zero-order chi connectivity index (χ0) is 14.0. The first kappa shape index (κ1) is 13.0. The summed E-state index contributed by atoms with van der Waals surface area (Å²) in [5.41, 5.74) is -0.518. The molecule has 0 bridgehead atoms. The molecule has 0 spiro atoms. The topological polar surface area (TPSA) is 84.2 Å². The maximum absolute atomic E-state index is 13.4. The molecule has 0 radical (unpaired) electrons. The number of anilines is 1. The van der Waals surface area contributed by atoms with Crippen LogP contribution in [0.15, 0.2) is 30.3 Å². The van der Waals surface area contributed by atoms with Crippen molar-refractivity contribution in [2.24, 2.45) is 0 Å². The van der Waals surface area contributed by atoms with Gasteiger partial charge in [-0.25, -0.2) is 9.18 Å². The number of hydrogen-bond acceptors (Lipinski definition) is 3. The number of benzene rings is 1. The van der Waals surface area contributed by atoms with Gasteiger partial charge in [-0.2, -0.15) is 4.20 Å². The number of aromatic nitrogens is 2. The summed E-state index contributed by atoms with van der Waals surface area (Å²) in [5.74, 6) is -2.80. The lowest BCUT2D eigenvalue weighted by molar-refractivity contribution is 0.0690. The molecule has 8 heteroatoms. The molecule has 1 heterocycles. The molecular formula is C11H7ClFN3O3. The van der Waals surface area contributed by atoms with E-state index in [1.165, 1.54) is 18.2 Å². The average molecular weight is 284 g/mol. The van der Waals surface area contributed by atoms with Crippen molar-refractivity contribution in [3.05, 3.63) is 47.4 Å². The molecule has 1 aromatic heterocycles. The van der Waals surface area contributed by atoms with Crippen molar-refractivity contribution in [2.75, 3.05) is 5.32 Å². The van der Waals surface area contributed by atoms with Crippen LogP contribution in [0.1, 0.15) is 20.8 Å². The van der Waals surface area contributed by atoms with E-state index in [-0.39, 0.29) is 17.1 Å². The first-order valence-corrected chi connectivity index (χ1v) is 5.38. The molecule has 0 aliphatic heterocycles. The average Bonchev–Trinajstić information content (AvgIpc) is 2.71. The summed E-state index contributed by atoms with van der Waals surface area (Å²) in [5, 5.41) is 14.4. The molecule has 19 heavy (non-hydrogen) atoms. The third-order valence-electron chi connectivity index (χ3n) is 2.25. The molecule has 98 valence electrons. The number of nitrogens with zero attached hydrogens (tertiary/aromatic N) is 2. The molecule has 6 nitrogen and oxygen atoms in total. The number of aromatic carboxylic acids is 1. The van der Waals surface area contributed by atoms with Crippen molar-refractivity contribution >= 4 is 29.5 Å². The quantitative estimate of drug-likeness (QED) is 0.902. The van der Waals surface area contributed by atoms with Crippen LogP contribution in [-0.2, 0) is 0 Å². The van der Waals surface area contributed by atoms with Crippen molar-refractivity contribution < 1.29 is 19.1 Å². The second-order valence-corrected chi connectivity index (χ2v) is 3.83. The van der Waals surface area contributed by atoms with Gasteiger partial charge in [0.05, 0.1) is 5.56 Å². The maximum Gasteiger partial charge on any atom is 0.356 e. The maximum atomic E-state index is 13.4. The molecule has 0 aliphatic carbocycles. The van der Waals surface area contributed by atoms with Crippen LogP contribution in [-0.4, -0.2) is 26.3 Å². The van der Waals surface area contributed by atoms with Crippen LogP contribution in [0.5, 0.6) is 0 Å². The van der Waals surface area contributed by atoms with E-state index in [4.69, 9.17) is 16.9 Å². The number of halogens is 2. The van der Waals surface area contributed by atoms with Crippen molar-refractivity contribution in [1.29, 1.82) is 0 Å². The van der Waals surface area contributed by atoms with Gasteiger partial charge < -0.3 is 10.4 Å². The fourth-order valence-corrected chi connectivity index (χ4v) is 1.55. The molecule has 0 aliphatic rings. The van der Waals surface area contributed by atoms with Crippen molar-refractivity contribution in [3.8, 4) is 0 Å². The highest BCUT2D eigenvalue weighted by Crippen LogP contribution is 2.15. The Morgan fingerprint density at radius 2 is 2.05 bits per heavy atom. The van der Waals surface area contributed by atoms with E-state index < -0.39 is 17.7 Å². The summed E-state index contributed by atoms with van der Waals surface area (Å²) in [6.45, 7) is 0. The minimum absolute atomic E-state index is 0.0627. The van der Waals surface area contributed by atoms with Gasteiger partial charge in [0.2, 0.25) is 0 Å². The Morgan fingerprint density at radius 1 is 1.37 bits per heavy atom. The number of carbonyl (C=O) groups is 2. The Labute approximate surface area is 111 Å². The lowest BCUT2D eigenvalue weighted by Crippen LogP contribution is -2.15. The summed E-state index contributed by atoms with van der Waals surface area (Å²) >= 11 is 5.59. The monoisotopic (exact) mass is 283 g/mol. The molecule has 2 N–H and O–H groups in total. The summed E-state index contributed by atoms with van der Waals surface area (Å²) in [6, 6.07) is 6.43. The van der Waals surface area contributed by atoms with Crippen LogP contribution in [0, 0.1) is 5.82 Å². The largest absolute Gasteiger partial charge is 0.476 e. The normalized spacial score (nSPS) is 10.2. The molecule has 0 atom stereocenters. The Balaban J connectivity index is 2.24. The minimum Gasteiger partial charge on any atom is -0.476 e. The second-order valence-electron chi connectivity index (χ2n) is 3.51. The molecule has 2 aromatic rings. The number of nitrogens with one attached hydrogen (secondary N) is 1. The van der Waals surface area contributed by atoms with E-state index in [0.29, 0.717) is 4.20 Å².